The summed E-state index contributed by atoms with van der Waals surface area (Å²) in [4.78, 5) is 35.0. The SMILES string of the molecule is NC(=O)COc1ccc(NC(=O)c2cc3ccccc3oc2=O)cc1. The predicted octanol–water partition coefficient (Wildman–Crippen LogP) is 1.91. The molecule has 2 aromatic carbocycles. The molecule has 0 aliphatic rings. The average molecular weight is 338 g/mol. The first-order valence-electron chi connectivity index (χ1n) is 7.38. The Kier molecular flexibility index (Phi) is 4.47. The van der Waals surface area contributed by atoms with Gasteiger partial charge in [0.1, 0.15) is 16.9 Å². The summed E-state index contributed by atoms with van der Waals surface area (Å²) in [7, 11) is 0. The van der Waals surface area contributed by atoms with E-state index in [-0.39, 0.29) is 12.2 Å². The lowest BCUT2D eigenvalue weighted by molar-refractivity contribution is -0.119. The van der Waals surface area contributed by atoms with Crippen LogP contribution in [-0.4, -0.2) is 18.4 Å². The van der Waals surface area contributed by atoms with Crippen LogP contribution in [0.5, 0.6) is 5.75 Å². The van der Waals surface area contributed by atoms with Crippen molar-refractivity contribution in [3.05, 3.63) is 70.6 Å². The Hall–Kier alpha value is -3.61. The lowest BCUT2D eigenvalue weighted by Gasteiger charge is -2.07. The van der Waals surface area contributed by atoms with Crippen molar-refractivity contribution in [2.24, 2.45) is 5.73 Å². The molecule has 3 rings (SSSR count). The molecule has 1 aromatic heterocycles. The number of anilines is 1. The van der Waals surface area contributed by atoms with Crippen LogP contribution in [0.4, 0.5) is 5.69 Å². The van der Waals surface area contributed by atoms with E-state index >= 15 is 0 Å². The Morgan fingerprint density at radius 2 is 1.80 bits per heavy atom. The second-order valence-electron chi connectivity index (χ2n) is 5.22. The lowest BCUT2D eigenvalue weighted by atomic mass is 10.1. The van der Waals surface area contributed by atoms with Crippen LogP contribution in [-0.2, 0) is 4.79 Å². The highest BCUT2D eigenvalue weighted by atomic mass is 16.5. The molecule has 0 unspecified atom stereocenters. The third-order valence-corrected chi connectivity index (χ3v) is 3.38. The van der Waals surface area contributed by atoms with Gasteiger partial charge in [0.25, 0.3) is 11.8 Å². The topological polar surface area (TPSA) is 112 Å². The number of primary amides is 1. The van der Waals surface area contributed by atoms with Gasteiger partial charge in [0.15, 0.2) is 6.61 Å². The molecule has 126 valence electrons. The highest BCUT2D eigenvalue weighted by Crippen LogP contribution is 2.17. The normalized spacial score (nSPS) is 10.4. The van der Waals surface area contributed by atoms with Gasteiger partial charge in [0, 0.05) is 11.1 Å². The van der Waals surface area contributed by atoms with Gasteiger partial charge in [-0.25, -0.2) is 4.79 Å². The highest BCUT2D eigenvalue weighted by Gasteiger charge is 2.14. The van der Waals surface area contributed by atoms with Crippen molar-refractivity contribution in [2.75, 3.05) is 11.9 Å². The molecule has 0 spiro atoms. The number of para-hydroxylation sites is 1. The number of carbonyl (C=O) groups excluding carboxylic acids is 2. The summed E-state index contributed by atoms with van der Waals surface area (Å²) in [5.74, 6) is -0.729. The molecular weight excluding hydrogens is 324 g/mol. The van der Waals surface area contributed by atoms with Crippen LogP contribution in [0.25, 0.3) is 11.0 Å². The van der Waals surface area contributed by atoms with Crippen LogP contribution in [0.1, 0.15) is 10.4 Å². The Labute approximate surface area is 142 Å². The first-order chi connectivity index (χ1) is 12.0. The number of hydrogen-bond acceptors (Lipinski definition) is 5. The van der Waals surface area contributed by atoms with E-state index in [1.54, 1.807) is 48.5 Å². The van der Waals surface area contributed by atoms with E-state index < -0.39 is 17.4 Å². The number of carbonyl (C=O) groups is 2. The molecule has 0 saturated carbocycles. The third-order valence-electron chi connectivity index (χ3n) is 3.38. The van der Waals surface area contributed by atoms with Gasteiger partial charge in [-0.1, -0.05) is 18.2 Å². The fourth-order valence-electron chi connectivity index (χ4n) is 2.21. The van der Waals surface area contributed by atoms with E-state index in [4.69, 9.17) is 14.9 Å². The summed E-state index contributed by atoms with van der Waals surface area (Å²) in [6.45, 7) is -0.232. The summed E-state index contributed by atoms with van der Waals surface area (Å²) in [5, 5.41) is 3.26. The fourth-order valence-corrected chi connectivity index (χ4v) is 2.21. The minimum Gasteiger partial charge on any atom is -0.484 e. The Bertz CT molecular complexity index is 992. The van der Waals surface area contributed by atoms with E-state index in [2.05, 4.69) is 5.32 Å². The molecule has 2 amide bonds. The summed E-state index contributed by atoms with van der Waals surface area (Å²) >= 11 is 0. The Balaban J connectivity index is 1.77. The molecule has 0 atom stereocenters. The molecule has 0 aliphatic heterocycles. The smallest absolute Gasteiger partial charge is 0.349 e. The first kappa shape index (κ1) is 16.3. The van der Waals surface area contributed by atoms with Crippen molar-refractivity contribution < 1.29 is 18.7 Å². The number of rotatable bonds is 5. The second kappa shape index (κ2) is 6.88. The minimum atomic E-state index is -0.711. The number of benzene rings is 2. The number of fused-ring (bicyclic) bond motifs is 1. The molecule has 3 N–H and O–H groups in total. The average Bonchev–Trinajstić information content (AvgIpc) is 2.60. The van der Waals surface area contributed by atoms with E-state index in [1.807, 2.05) is 0 Å². The standard InChI is InChI=1S/C18H14N2O5/c19-16(21)10-24-13-7-5-12(6-8-13)20-17(22)14-9-11-3-1-2-4-15(11)25-18(14)23/h1-9H,10H2,(H2,19,21)(H,20,22). The van der Waals surface area contributed by atoms with Crippen LogP contribution in [0.2, 0.25) is 0 Å². The monoisotopic (exact) mass is 338 g/mol. The summed E-state index contributed by atoms with van der Waals surface area (Å²) in [6.07, 6.45) is 0. The maximum absolute atomic E-state index is 12.3. The van der Waals surface area contributed by atoms with Gasteiger partial charge in [-0.05, 0) is 36.4 Å². The first-order valence-corrected chi connectivity index (χ1v) is 7.38. The summed E-state index contributed by atoms with van der Waals surface area (Å²) in [6, 6.07) is 14.7. The highest BCUT2D eigenvalue weighted by molar-refractivity contribution is 6.05. The molecule has 0 bridgehead atoms. The summed E-state index contributed by atoms with van der Waals surface area (Å²) < 4.78 is 10.3. The molecule has 25 heavy (non-hydrogen) atoms. The van der Waals surface area contributed by atoms with Crippen LogP contribution < -0.4 is 21.4 Å². The van der Waals surface area contributed by atoms with Gasteiger partial charge in [-0.15, -0.1) is 0 Å². The molecule has 7 nitrogen and oxygen atoms in total. The van der Waals surface area contributed by atoms with Gasteiger partial charge in [0.05, 0.1) is 0 Å². The minimum absolute atomic E-state index is 0.0900. The van der Waals surface area contributed by atoms with E-state index in [0.717, 1.165) is 0 Å². The van der Waals surface area contributed by atoms with Gasteiger partial charge < -0.3 is 20.2 Å². The largest absolute Gasteiger partial charge is 0.484 e. The molecule has 3 aromatic rings. The molecule has 0 radical (unpaired) electrons. The number of ether oxygens (including phenoxy) is 1. The molecule has 0 saturated heterocycles. The molecular formula is C18H14N2O5. The van der Waals surface area contributed by atoms with Crippen molar-refractivity contribution in [1.29, 1.82) is 0 Å². The van der Waals surface area contributed by atoms with Crippen molar-refractivity contribution in [1.82, 2.24) is 0 Å². The van der Waals surface area contributed by atoms with Crippen LogP contribution in [0.3, 0.4) is 0 Å². The maximum atomic E-state index is 12.3. The molecule has 0 aliphatic carbocycles. The zero-order chi connectivity index (χ0) is 17.8. The lowest BCUT2D eigenvalue weighted by Crippen LogP contribution is -2.21. The zero-order valence-corrected chi connectivity index (χ0v) is 13.0. The molecule has 1 heterocycles. The number of nitrogens with one attached hydrogen (secondary N) is 1. The van der Waals surface area contributed by atoms with Crippen molar-refractivity contribution in [2.45, 2.75) is 0 Å². The predicted molar refractivity (Wildman–Crippen MR) is 91.6 cm³/mol. The van der Waals surface area contributed by atoms with Crippen molar-refractivity contribution in [3.63, 3.8) is 0 Å². The Morgan fingerprint density at radius 1 is 1.08 bits per heavy atom. The fraction of sp³-hybridized carbons (Fsp3) is 0.0556. The second-order valence-corrected chi connectivity index (χ2v) is 5.22. The zero-order valence-electron chi connectivity index (χ0n) is 13.0. The number of nitrogens with two attached hydrogens (primary N) is 1. The molecule has 0 fully saturated rings. The third kappa shape index (κ3) is 3.84. The maximum Gasteiger partial charge on any atom is 0.349 e. The van der Waals surface area contributed by atoms with Gasteiger partial charge in [0.2, 0.25) is 0 Å². The quantitative estimate of drug-likeness (QED) is 0.690. The van der Waals surface area contributed by atoms with E-state index in [0.29, 0.717) is 22.4 Å². The van der Waals surface area contributed by atoms with Crippen LogP contribution in [0, 0.1) is 0 Å². The van der Waals surface area contributed by atoms with E-state index in [1.165, 1.54) is 6.07 Å². The van der Waals surface area contributed by atoms with E-state index in [9.17, 15) is 14.4 Å². The summed E-state index contributed by atoms with van der Waals surface area (Å²) in [5.41, 5.74) is 5.07. The van der Waals surface area contributed by atoms with Crippen molar-refractivity contribution >= 4 is 28.5 Å². The number of amides is 2. The Morgan fingerprint density at radius 3 is 2.52 bits per heavy atom. The van der Waals surface area contributed by atoms with Crippen LogP contribution in [0.15, 0.2) is 63.8 Å². The van der Waals surface area contributed by atoms with Gasteiger partial charge >= 0.3 is 5.63 Å². The van der Waals surface area contributed by atoms with Crippen molar-refractivity contribution in [3.8, 4) is 5.75 Å². The van der Waals surface area contributed by atoms with Gasteiger partial charge in [-0.2, -0.15) is 0 Å². The number of hydrogen-bond donors (Lipinski definition) is 2. The molecule has 7 heteroatoms. The van der Waals surface area contributed by atoms with Crippen LogP contribution >= 0.6 is 0 Å². The van der Waals surface area contributed by atoms with Gasteiger partial charge in [-0.3, -0.25) is 9.59 Å².